The number of thiazole rings is 1. The van der Waals surface area contributed by atoms with Gasteiger partial charge in [0.25, 0.3) is 0 Å². The fraction of sp³-hybridized carbons (Fsp3) is 0.409. The number of hydrogen-bond acceptors (Lipinski definition) is 4. The van der Waals surface area contributed by atoms with Crippen molar-refractivity contribution in [3.05, 3.63) is 64.7 Å². The molecule has 1 N–H and O–H groups in total. The molecule has 2 aliphatic rings. The van der Waals surface area contributed by atoms with Gasteiger partial charge < -0.3 is 10.2 Å². The number of aromatic nitrogens is 1. The van der Waals surface area contributed by atoms with E-state index in [0.717, 1.165) is 42.9 Å². The molecule has 0 bridgehead atoms. The van der Waals surface area contributed by atoms with E-state index in [1.54, 1.807) is 11.3 Å². The molecule has 1 aliphatic heterocycles. The topological polar surface area (TPSA) is 28.2 Å². The highest BCUT2D eigenvalue weighted by Gasteiger charge is 2.50. The Hall–Kier alpha value is -1.75. The molecule has 1 saturated heterocycles. The van der Waals surface area contributed by atoms with Gasteiger partial charge in [0.2, 0.25) is 0 Å². The second-order valence-electron chi connectivity index (χ2n) is 7.87. The minimum absolute atomic E-state index is 0.748. The Morgan fingerprint density at radius 3 is 2.69 bits per heavy atom. The number of piperidine rings is 1. The van der Waals surface area contributed by atoms with Crippen LogP contribution < -0.4 is 5.32 Å². The van der Waals surface area contributed by atoms with Crippen LogP contribution in [0.3, 0.4) is 0 Å². The second-order valence-corrected chi connectivity index (χ2v) is 8.98. The van der Waals surface area contributed by atoms with Gasteiger partial charge >= 0.3 is 0 Å². The number of likely N-dealkylation sites (tertiary alicyclic amines) is 1. The molecule has 1 aliphatic carbocycles. The molecular formula is C22H25N3S. The van der Waals surface area contributed by atoms with Crippen LogP contribution in [0.15, 0.2) is 48.5 Å². The summed E-state index contributed by atoms with van der Waals surface area (Å²) in [6.07, 6.45) is 2.38. The minimum atomic E-state index is 0.748. The second kappa shape index (κ2) is 6.76. The maximum Gasteiger partial charge on any atom is 0.0982 e. The summed E-state index contributed by atoms with van der Waals surface area (Å²) in [5, 5.41) is 4.86. The number of fused-ring (bicyclic) bond motifs is 2. The van der Waals surface area contributed by atoms with Crippen LogP contribution in [0, 0.1) is 11.8 Å². The molecule has 2 fully saturated rings. The normalized spacial score (nSPS) is 24.9. The van der Waals surface area contributed by atoms with Crippen molar-refractivity contribution in [2.75, 3.05) is 20.1 Å². The van der Waals surface area contributed by atoms with Crippen molar-refractivity contribution in [2.24, 2.45) is 11.8 Å². The van der Waals surface area contributed by atoms with Crippen LogP contribution in [-0.4, -0.2) is 36.1 Å². The van der Waals surface area contributed by atoms with Gasteiger partial charge in [-0.05, 0) is 48.6 Å². The van der Waals surface area contributed by atoms with Crippen LogP contribution in [0.25, 0.3) is 10.2 Å². The van der Waals surface area contributed by atoms with E-state index >= 15 is 0 Å². The number of likely N-dealkylation sites (N-methyl/N-ethyl adjacent to an activating group) is 1. The molecule has 26 heavy (non-hydrogen) atoms. The van der Waals surface area contributed by atoms with Crippen LogP contribution in [0.2, 0.25) is 0 Å². The molecule has 3 aromatic rings. The van der Waals surface area contributed by atoms with Crippen LogP contribution in [0.5, 0.6) is 0 Å². The van der Waals surface area contributed by atoms with Gasteiger partial charge in [0.05, 0.1) is 15.2 Å². The highest BCUT2D eigenvalue weighted by Crippen LogP contribution is 2.48. The Bertz CT molecular complexity index is 866. The summed E-state index contributed by atoms with van der Waals surface area (Å²) < 4.78 is 1.28. The molecule has 0 radical (unpaired) electrons. The van der Waals surface area contributed by atoms with E-state index < -0.39 is 0 Å². The molecule has 1 aromatic heterocycles. The zero-order valence-electron chi connectivity index (χ0n) is 15.2. The number of hydrogen-bond donors (Lipinski definition) is 1. The summed E-state index contributed by atoms with van der Waals surface area (Å²) in [4.78, 5) is 7.28. The molecule has 134 valence electrons. The minimum Gasteiger partial charge on any atom is -0.311 e. The van der Waals surface area contributed by atoms with Crippen molar-refractivity contribution >= 4 is 21.6 Å². The Morgan fingerprint density at radius 1 is 1.12 bits per heavy atom. The number of para-hydroxylation sites is 1. The molecule has 5 rings (SSSR count). The van der Waals surface area contributed by atoms with Gasteiger partial charge in [-0.3, -0.25) is 0 Å². The van der Waals surface area contributed by atoms with E-state index in [9.17, 15) is 0 Å². The van der Waals surface area contributed by atoms with Crippen LogP contribution >= 0.6 is 11.3 Å². The Kier molecular flexibility index (Phi) is 4.27. The van der Waals surface area contributed by atoms with Crippen molar-refractivity contribution in [1.82, 2.24) is 15.2 Å². The molecule has 0 spiro atoms. The number of benzene rings is 2. The monoisotopic (exact) mass is 363 g/mol. The van der Waals surface area contributed by atoms with Gasteiger partial charge in [0, 0.05) is 32.1 Å². The summed E-state index contributed by atoms with van der Waals surface area (Å²) in [6.45, 7) is 3.38. The zero-order valence-corrected chi connectivity index (χ0v) is 16.0. The summed E-state index contributed by atoms with van der Waals surface area (Å²) in [5.74, 6) is 1.96. The van der Waals surface area contributed by atoms with E-state index in [2.05, 4.69) is 65.8 Å². The van der Waals surface area contributed by atoms with E-state index in [1.165, 1.54) is 33.8 Å². The van der Waals surface area contributed by atoms with Crippen LogP contribution in [0.1, 0.15) is 22.6 Å². The first-order valence-corrected chi connectivity index (χ1v) is 10.4. The van der Waals surface area contributed by atoms with Gasteiger partial charge in [0.15, 0.2) is 0 Å². The van der Waals surface area contributed by atoms with E-state index in [4.69, 9.17) is 4.98 Å². The average Bonchev–Trinajstić information content (AvgIpc) is 3.15. The van der Waals surface area contributed by atoms with Crippen molar-refractivity contribution in [2.45, 2.75) is 25.4 Å². The van der Waals surface area contributed by atoms with Crippen LogP contribution in [0.4, 0.5) is 0 Å². The van der Waals surface area contributed by atoms with Crippen molar-refractivity contribution in [3.63, 3.8) is 0 Å². The lowest BCUT2D eigenvalue weighted by atomic mass is 10.1. The number of nitrogens with one attached hydrogen (secondary N) is 1. The van der Waals surface area contributed by atoms with Gasteiger partial charge in [-0.25, -0.2) is 4.98 Å². The quantitative estimate of drug-likeness (QED) is 0.719. The number of rotatable bonds is 6. The van der Waals surface area contributed by atoms with Gasteiger partial charge in [-0.1, -0.05) is 36.4 Å². The average molecular weight is 364 g/mol. The molecule has 2 aromatic carbocycles. The third-order valence-electron chi connectivity index (χ3n) is 5.96. The van der Waals surface area contributed by atoms with Gasteiger partial charge in [-0.2, -0.15) is 0 Å². The summed E-state index contributed by atoms with van der Waals surface area (Å²) in [7, 11) is 2.27. The van der Waals surface area contributed by atoms with Crippen molar-refractivity contribution in [1.29, 1.82) is 0 Å². The molecule has 3 atom stereocenters. The lowest BCUT2D eigenvalue weighted by Crippen LogP contribution is -2.38. The SMILES string of the molecule is CN1CC2CC2C1CNCc1ccc(Cc2nc3ccccc3s2)cc1. The van der Waals surface area contributed by atoms with E-state index in [-0.39, 0.29) is 0 Å². The zero-order chi connectivity index (χ0) is 17.5. The first-order chi connectivity index (χ1) is 12.8. The first kappa shape index (κ1) is 16.4. The number of nitrogens with zero attached hydrogens (tertiary/aromatic N) is 2. The fourth-order valence-electron chi connectivity index (χ4n) is 4.40. The molecule has 0 amide bonds. The highest BCUT2D eigenvalue weighted by atomic mass is 32.1. The smallest absolute Gasteiger partial charge is 0.0982 e. The van der Waals surface area contributed by atoms with Crippen molar-refractivity contribution in [3.8, 4) is 0 Å². The molecule has 3 nitrogen and oxygen atoms in total. The van der Waals surface area contributed by atoms with Gasteiger partial charge in [0.1, 0.15) is 0 Å². The third-order valence-corrected chi connectivity index (χ3v) is 7.00. The lowest BCUT2D eigenvalue weighted by Gasteiger charge is -2.23. The van der Waals surface area contributed by atoms with Crippen molar-refractivity contribution < 1.29 is 0 Å². The third kappa shape index (κ3) is 3.29. The fourth-order valence-corrected chi connectivity index (χ4v) is 5.40. The lowest BCUT2D eigenvalue weighted by molar-refractivity contribution is 0.261. The predicted octanol–water partition coefficient (Wildman–Crippen LogP) is 3.93. The van der Waals surface area contributed by atoms with Crippen LogP contribution in [-0.2, 0) is 13.0 Å². The standard InChI is InChI=1S/C22H25N3S/c1-25-14-17-11-18(17)20(25)13-23-12-16-8-6-15(7-9-16)10-22-24-19-4-2-3-5-21(19)26-22/h2-9,17-18,20,23H,10-14H2,1H3. The van der Waals surface area contributed by atoms with Gasteiger partial charge in [-0.15, -0.1) is 11.3 Å². The highest BCUT2D eigenvalue weighted by molar-refractivity contribution is 7.18. The summed E-state index contributed by atoms with van der Waals surface area (Å²) >= 11 is 1.80. The molecule has 1 saturated carbocycles. The Morgan fingerprint density at radius 2 is 1.92 bits per heavy atom. The molecule has 2 heterocycles. The Balaban J connectivity index is 1.16. The summed E-state index contributed by atoms with van der Waals surface area (Å²) in [5.41, 5.74) is 3.82. The molecular weight excluding hydrogens is 338 g/mol. The molecule has 4 heteroatoms. The molecule has 3 unspecified atom stereocenters. The maximum atomic E-state index is 4.74. The summed E-state index contributed by atoms with van der Waals surface area (Å²) in [6, 6.07) is 18.1. The predicted molar refractivity (Wildman–Crippen MR) is 109 cm³/mol. The maximum absolute atomic E-state index is 4.74. The van der Waals surface area contributed by atoms with E-state index in [1.807, 2.05) is 0 Å². The Labute approximate surface area is 159 Å². The largest absolute Gasteiger partial charge is 0.311 e. The van der Waals surface area contributed by atoms with E-state index in [0.29, 0.717) is 0 Å². The first-order valence-electron chi connectivity index (χ1n) is 9.59.